The summed E-state index contributed by atoms with van der Waals surface area (Å²) >= 11 is 0. The van der Waals surface area contributed by atoms with Crippen LogP contribution in [-0.4, -0.2) is 41.2 Å². The van der Waals surface area contributed by atoms with Crippen molar-refractivity contribution in [1.82, 2.24) is 5.32 Å². The standard InChI is InChI=1S/C22H29NO7/c1-11(2)18(21(26)27)23-16(24)9-7-12(3)6-8-14-19(25)17-15(10-30-22(17)28)13(4)20(14)29-5/h6,11,18,25H,7-10H2,1-5H3,(H,23,24)(H,26,27)/b12-6+/t18-/m0/s1. The first-order chi connectivity index (χ1) is 14.1. The molecular formula is C22H29NO7. The molecule has 0 saturated carbocycles. The van der Waals surface area contributed by atoms with Gasteiger partial charge in [0.05, 0.1) is 7.11 Å². The van der Waals surface area contributed by atoms with Crippen LogP contribution in [0.4, 0.5) is 0 Å². The molecule has 30 heavy (non-hydrogen) atoms. The van der Waals surface area contributed by atoms with Crippen molar-refractivity contribution in [1.29, 1.82) is 0 Å². The second kappa shape index (κ2) is 9.65. The Labute approximate surface area is 175 Å². The van der Waals surface area contributed by atoms with Gasteiger partial charge in [0, 0.05) is 17.5 Å². The maximum Gasteiger partial charge on any atom is 0.342 e. The summed E-state index contributed by atoms with van der Waals surface area (Å²) < 4.78 is 10.5. The van der Waals surface area contributed by atoms with Crippen molar-refractivity contribution in [3.05, 3.63) is 33.9 Å². The van der Waals surface area contributed by atoms with Crippen LogP contribution in [0.3, 0.4) is 0 Å². The van der Waals surface area contributed by atoms with Gasteiger partial charge in [0.15, 0.2) is 0 Å². The van der Waals surface area contributed by atoms with E-state index < -0.39 is 18.0 Å². The topological polar surface area (TPSA) is 122 Å². The molecule has 8 heteroatoms. The lowest BCUT2D eigenvalue weighted by atomic mass is 9.94. The highest BCUT2D eigenvalue weighted by Gasteiger charge is 2.31. The van der Waals surface area contributed by atoms with Crippen LogP contribution >= 0.6 is 0 Å². The van der Waals surface area contributed by atoms with Crippen molar-refractivity contribution in [3.8, 4) is 11.5 Å². The van der Waals surface area contributed by atoms with Gasteiger partial charge in [0.1, 0.15) is 29.7 Å². The van der Waals surface area contributed by atoms with Crippen molar-refractivity contribution in [2.24, 2.45) is 5.92 Å². The molecule has 1 heterocycles. The summed E-state index contributed by atoms with van der Waals surface area (Å²) in [5.74, 6) is -1.79. The van der Waals surface area contributed by atoms with Crippen LogP contribution < -0.4 is 10.1 Å². The number of aliphatic carboxylic acids is 1. The first-order valence-corrected chi connectivity index (χ1v) is 9.84. The molecule has 164 valence electrons. The van der Waals surface area contributed by atoms with E-state index in [0.717, 1.165) is 11.1 Å². The lowest BCUT2D eigenvalue weighted by molar-refractivity contribution is -0.143. The number of rotatable bonds is 9. The molecule has 2 rings (SSSR count). The number of hydrogen-bond donors (Lipinski definition) is 3. The van der Waals surface area contributed by atoms with Crippen LogP contribution in [-0.2, 0) is 27.4 Å². The van der Waals surface area contributed by atoms with Crippen LogP contribution in [0.2, 0.25) is 0 Å². The van der Waals surface area contributed by atoms with Crippen LogP contribution in [0.1, 0.15) is 60.7 Å². The van der Waals surface area contributed by atoms with Gasteiger partial charge in [0.2, 0.25) is 5.91 Å². The van der Waals surface area contributed by atoms with E-state index in [-0.39, 0.29) is 36.2 Å². The van der Waals surface area contributed by atoms with Crippen molar-refractivity contribution in [2.45, 2.75) is 59.6 Å². The predicted molar refractivity (Wildman–Crippen MR) is 110 cm³/mol. The van der Waals surface area contributed by atoms with Gasteiger partial charge in [-0.05, 0) is 38.2 Å². The number of phenols is 1. The van der Waals surface area contributed by atoms with Crippen LogP contribution in [0, 0.1) is 12.8 Å². The predicted octanol–water partition coefficient (Wildman–Crippen LogP) is 2.87. The highest BCUT2D eigenvalue weighted by molar-refractivity contribution is 5.98. The van der Waals surface area contributed by atoms with E-state index in [0.29, 0.717) is 29.7 Å². The SMILES string of the molecule is COc1c(C)c2c(c(O)c1C/C=C(\C)CCC(=O)N[C@H](C(=O)O)C(C)C)C(=O)OC2. The maximum atomic E-state index is 12.1. The summed E-state index contributed by atoms with van der Waals surface area (Å²) in [6.07, 6.45) is 2.75. The average molecular weight is 419 g/mol. The second-order valence-corrected chi connectivity index (χ2v) is 7.80. The molecule has 0 saturated heterocycles. The third-order valence-electron chi connectivity index (χ3n) is 5.30. The number of nitrogens with one attached hydrogen (secondary N) is 1. The normalized spacial score (nSPS) is 14.3. The summed E-state index contributed by atoms with van der Waals surface area (Å²) in [6, 6.07) is -0.919. The molecule has 0 bridgehead atoms. The molecule has 1 aliphatic rings. The zero-order chi connectivity index (χ0) is 22.6. The first kappa shape index (κ1) is 23.3. The Morgan fingerprint density at radius 2 is 1.97 bits per heavy atom. The fraction of sp³-hybridized carbons (Fsp3) is 0.500. The third kappa shape index (κ3) is 4.93. The average Bonchev–Trinajstić information content (AvgIpc) is 3.07. The molecule has 1 aromatic carbocycles. The maximum absolute atomic E-state index is 12.1. The Balaban J connectivity index is 2.10. The number of fused-ring (bicyclic) bond motifs is 1. The number of hydrogen-bond acceptors (Lipinski definition) is 6. The molecule has 0 spiro atoms. The van der Waals surface area contributed by atoms with E-state index in [1.807, 2.05) is 19.9 Å². The molecular weight excluding hydrogens is 390 g/mol. The number of carboxylic acids is 1. The molecule has 0 fully saturated rings. The van der Waals surface area contributed by atoms with E-state index in [1.54, 1.807) is 13.8 Å². The van der Waals surface area contributed by atoms with E-state index >= 15 is 0 Å². The van der Waals surface area contributed by atoms with E-state index in [2.05, 4.69) is 5.32 Å². The summed E-state index contributed by atoms with van der Waals surface area (Å²) in [5, 5.41) is 22.3. The van der Waals surface area contributed by atoms with Gasteiger partial charge >= 0.3 is 11.9 Å². The number of methoxy groups -OCH3 is 1. The summed E-state index contributed by atoms with van der Waals surface area (Å²) in [6.45, 7) is 7.25. The number of ether oxygens (including phenoxy) is 2. The number of carbonyl (C=O) groups is 3. The number of esters is 1. The van der Waals surface area contributed by atoms with Crippen molar-refractivity contribution >= 4 is 17.8 Å². The number of phenolic OH excluding ortho intramolecular Hbond substituents is 1. The molecule has 0 radical (unpaired) electrons. The highest BCUT2D eigenvalue weighted by Crippen LogP contribution is 2.42. The highest BCUT2D eigenvalue weighted by atomic mass is 16.5. The van der Waals surface area contributed by atoms with Gasteiger partial charge in [-0.3, -0.25) is 4.79 Å². The van der Waals surface area contributed by atoms with Crippen LogP contribution in [0.25, 0.3) is 0 Å². The molecule has 0 unspecified atom stereocenters. The quantitative estimate of drug-likeness (QED) is 0.415. The lowest BCUT2D eigenvalue weighted by Gasteiger charge is -2.18. The van der Waals surface area contributed by atoms with Crippen LogP contribution in [0.15, 0.2) is 11.6 Å². The first-order valence-electron chi connectivity index (χ1n) is 9.84. The number of cyclic esters (lactones) is 1. The Bertz CT molecular complexity index is 886. The molecule has 0 aromatic heterocycles. The van der Waals surface area contributed by atoms with Crippen molar-refractivity contribution in [3.63, 3.8) is 0 Å². The minimum absolute atomic E-state index is 0.113. The molecule has 1 amide bonds. The van der Waals surface area contributed by atoms with E-state index in [1.165, 1.54) is 7.11 Å². The molecule has 1 aliphatic heterocycles. The fourth-order valence-electron chi connectivity index (χ4n) is 3.48. The van der Waals surface area contributed by atoms with Crippen molar-refractivity contribution in [2.75, 3.05) is 7.11 Å². The smallest absolute Gasteiger partial charge is 0.342 e. The Hall–Kier alpha value is -3.03. The van der Waals surface area contributed by atoms with Gasteiger partial charge in [0.25, 0.3) is 0 Å². The summed E-state index contributed by atoms with van der Waals surface area (Å²) in [4.78, 5) is 35.3. The Kier molecular flexibility index (Phi) is 7.48. The van der Waals surface area contributed by atoms with Crippen LogP contribution in [0.5, 0.6) is 11.5 Å². The van der Waals surface area contributed by atoms with Gasteiger partial charge in [-0.15, -0.1) is 0 Å². The number of aromatic hydroxyl groups is 1. The number of carboxylic acid groups (broad SMARTS) is 1. The lowest BCUT2D eigenvalue weighted by Crippen LogP contribution is -2.44. The molecule has 8 nitrogen and oxygen atoms in total. The molecule has 1 atom stereocenters. The minimum Gasteiger partial charge on any atom is -0.507 e. The molecule has 1 aromatic rings. The fourth-order valence-corrected chi connectivity index (χ4v) is 3.48. The monoisotopic (exact) mass is 419 g/mol. The van der Waals surface area contributed by atoms with Crippen molar-refractivity contribution < 1.29 is 34.1 Å². The molecule has 0 aliphatic carbocycles. The summed E-state index contributed by atoms with van der Waals surface area (Å²) in [5.41, 5.74) is 2.95. The number of benzene rings is 1. The van der Waals surface area contributed by atoms with E-state index in [4.69, 9.17) is 14.6 Å². The van der Waals surface area contributed by atoms with E-state index in [9.17, 15) is 19.5 Å². The Morgan fingerprint density at radius 3 is 2.53 bits per heavy atom. The second-order valence-electron chi connectivity index (χ2n) is 7.80. The third-order valence-corrected chi connectivity index (χ3v) is 5.30. The number of carbonyl (C=O) groups excluding carboxylic acids is 2. The van der Waals surface area contributed by atoms with Gasteiger partial charge < -0.3 is 25.0 Å². The van der Waals surface area contributed by atoms with Gasteiger partial charge in [-0.1, -0.05) is 25.5 Å². The minimum atomic E-state index is -1.06. The van der Waals surface area contributed by atoms with Gasteiger partial charge in [-0.2, -0.15) is 0 Å². The summed E-state index contributed by atoms with van der Waals surface area (Å²) in [7, 11) is 1.50. The zero-order valence-corrected chi connectivity index (χ0v) is 18.0. The van der Waals surface area contributed by atoms with Gasteiger partial charge in [-0.25, -0.2) is 9.59 Å². The largest absolute Gasteiger partial charge is 0.507 e. The number of allylic oxidation sites excluding steroid dienone is 2. The zero-order valence-electron chi connectivity index (χ0n) is 18.0. The number of amides is 1. The Morgan fingerprint density at radius 1 is 1.30 bits per heavy atom. The molecule has 3 N–H and O–H groups in total.